The number of aldehydes is 1. The Morgan fingerprint density at radius 3 is 2.45 bits per heavy atom. The zero-order valence-electron chi connectivity index (χ0n) is 16.6. The predicted molar refractivity (Wildman–Crippen MR) is 121 cm³/mol. The van der Waals surface area contributed by atoms with Crippen molar-refractivity contribution in [2.75, 3.05) is 12.5 Å². The molecule has 0 fully saturated rings. The SMILES string of the molecule is O=CC[C@H](c1ccccc1)[C@@]1(c2ccc(Cl)cc2)Oc2cc(OCCCl)ccc2C1=O. The molecule has 0 radical (unpaired) electrons. The third-order valence-electron chi connectivity index (χ3n) is 5.45. The maximum Gasteiger partial charge on any atom is 0.215 e. The fraction of sp³-hybridized carbons (Fsp3) is 0.200. The van der Waals surface area contributed by atoms with Crippen LogP contribution in [0.1, 0.15) is 33.8 Å². The molecule has 4 rings (SSSR count). The fourth-order valence-corrected chi connectivity index (χ4v) is 4.28. The van der Waals surface area contributed by atoms with Crippen molar-refractivity contribution >= 4 is 35.3 Å². The van der Waals surface area contributed by atoms with Gasteiger partial charge in [-0.3, -0.25) is 4.79 Å². The topological polar surface area (TPSA) is 52.6 Å². The lowest BCUT2D eigenvalue weighted by Crippen LogP contribution is -2.43. The average molecular weight is 455 g/mol. The maximum absolute atomic E-state index is 13.9. The van der Waals surface area contributed by atoms with Gasteiger partial charge in [-0.25, -0.2) is 0 Å². The number of alkyl halides is 1. The molecule has 2 atom stereocenters. The summed E-state index contributed by atoms with van der Waals surface area (Å²) in [6.07, 6.45) is 0.936. The minimum Gasteiger partial charge on any atom is -0.492 e. The number of carbonyl (C=O) groups is 2. The predicted octanol–water partition coefficient (Wildman–Crippen LogP) is 5.80. The van der Waals surface area contributed by atoms with Gasteiger partial charge in [-0.05, 0) is 29.8 Å². The van der Waals surface area contributed by atoms with Crippen LogP contribution in [-0.4, -0.2) is 24.6 Å². The number of benzene rings is 3. The molecule has 0 unspecified atom stereocenters. The number of Topliss-reactive ketones (excluding diaryl/α,β-unsaturated/α-hetero) is 1. The van der Waals surface area contributed by atoms with Crippen LogP contribution >= 0.6 is 23.2 Å². The summed E-state index contributed by atoms with van der Waals surface area (Å²) < 4.78 is 12.1. The zero-order chi connectivity index (χ0) is 21.8. The van der Waals surface area contributed by atoms with Crippen molar-refractivity contribution in [2.24, 2.45) is 0 Å². The van der Waals surface area contributed by atoms with Crippen LogP contribution in [0, 0.1) is 0 Å². The molecule has 0 aliphatic carbocycles. The Kier molecular flexibility index (Phi) is 6.30. The molecule has 1 heterocycles. The number of carbonyl (C=O) groups excluding carboxylic acids is 2. The fourth-order valence-electron chi connectivity index (χ4n) is 4.08. The summed E-state index contributed by atoms with van der Waals surface area (Å²) in [6.45, 7) is 0.342. The highest BCUT2D eigenvalue weighted by Gasteiger charge is 2.55. The Labute approximate surface area is 190 Å². The number of hydrogen-bond acceptors (Lipinski definition) is 4. The average Bonchev–Trinajstić information content (AvgIpc) is 3.09. The largest absolute Gasteiger partial charge is 0.492 e. The Morgan fingerprint density at radius 1 is 1.03 bits per heavy atom. The summed E-state index contributed by atoms with van der Waals surface area (Å²) in [6, 6.07) is 21.6. The van der Waals surface area contributed by atoms with Crippen molar-refractivity contribution < 1.29 is 19.1 Å². The summed E-state index contributed by atoms with van der Waals surface area (Å²) in [4.78, 5) is 25.6. The standard InChI is InChI=1S/C25H20Cl2O4/c26-13-15-30-20-10-11-21-23(16-20)31-25(24(21)29,18-6-8-19(27)9-7-18)22(12-14-28)17-4-2-1-3-5-17/h1-11,14,16,22H,12-13,15H2/t22-,25-/m1/s1. The Bertz CT molecular complexity index is 1080. The summed E-state index contributed by atoms with van der Waals surface area (Å²) in [7, 11) is 0. The molecule has 3 aromatic rings. The van der Waals surface area contributed by atoms with E-state index in [1.807, 2.05) is 30.3 Å². The van der Waals surface area contributed by atoms with Crippen molar-refractivity contribution in [1.82, 2.24) is 0 Å². The van der Waals surface area contributed by atoms with Gasteiger partial charge in [-0.15, -0.1) is 11.6 Å². The molecule has 0 amide bonds. The maximum atomic E-state index is 13.9. The van der Waals surface area contributed by atoms with E-state index in [-0.39, 0.29) is 12.2 Å². The highest BCUT2D eigenvalue weighted by atomic mass is 35.5. The molecule has 0 saturated heterocycles. The number of ketones is 1. The van der Waals surface area contributed by atoms with E-state index in [0.717, 1.165) is 11.8 Å². The van der Waals surface area contributed by atoms with Crippen LogP contribution < -0.4 is 9.47 Å². The molecule has 1 aliphatic heterocycles. The number of hydrogen-bond donors (Lipinski definition) is 0. The number of rotatable bonds is 8. The van der Waals surface area contributed by atoms with E-state index in [2.05, 4.69) is 0 Å². The summed E-state index contributed by atoms with van der Waals surface area (Å²) >= 11 is 11.8. The van der Waals surface area contributed by atoms with Crippen LogP contribution in [-0.2, 0) is 10.4 Å². The smallest absolute Gasteiger partial charge is 0.215 e. The van der Waals surface area contributed by atoms with Crippen molar-refractivity contribution in [3.05, 3.63) is 94.5 Å². The highest BCUT2D eigenvalue weighted by Crippen LogP contribution is 2.51. The van der Waals surface area contributed by atoms with E-state index >= 15 is 0 Å². The van der Waals surface area contributed by atoms with Crippen LogP contribution in [0.25, 0.3) is 0 Å². The van der Waals surface area contributed by atoms with E-state index in [9.17, 15) is 9.59 Å². The molecule has 0 aromatic heterocycles. The van der Waals surface area contributed by atoms with Crippen LogP contribution in [0.4, 0.5) is 0 Å². The molecule has 31 heavy (non-hydrogen) atoms. The monoisotopic (exact) mass is 454 g/mol. The molecule has 0 spiro atoms. The van der Waals surface area contributed by atoms with E-state index in [1.165, 1.54) is 0 Å². The summed E-state index contributed by atoms with van der Waals surface area (Å²) in [5.74, 6) is 0.592. The third kappa shape index (κ3) is 3.93. The van der Waals surface area contributed by atoms with Crippen molar-refractivity contribution in [2.45, 2.75) is 17.9 Å². The first-order chi connectivity index (χ1) is 15.1. The van der Waals surface area contributed by atoms with E-state index < -0.39 is 11.5 Å². The van der Waals surface area contributed by atoms with Crippen LogP contribution in [0.3, 0.4) is 0 Å². The molecule has 4 nitrogen and oxygen atoms in total. The second-order valence-electron chi connectivity index (χ2n) is 7.23. The van der Waals surface area contributed by atoms with Crippen LogP contribution in [0.5, 0.6) is 11.5 Å². The van der Waals surface area contributed by atoms with Crippen LogP contribution in [0.2, 0.25) is 5.02 Å². The summed E-state index contributed by atoms with van der Waals surface area (Å²) in [5, 5.41) is 0.547. The minimum atomic E-state index is -1.40. The molecule has 0 N–H and O–H groups in total. The molecular weight excluding hydrogens is 435 g/mol. The van der Waals surface area contributed by atoms with Gasteiger partial charge in [-0.1, -0.05) is 54.1 Å². The number of halogens is 2. The minimum absolute atomic E-state index is 0.113. The van der Waals surface area contributed by atoms with Gasteiger partial charge in [-0.2, -0.15) is 0 Å². The van der Waals surface area contributed by atoms with Gasteiger partial charge in [0.1, 0.15) is 24.4 Å². The Morgan fingerprint density at radius 2 is 1.77 bits per heavy atom. The van der Waals surface area contributed by atoms with Crippen molar-refractivity contribution in [1.29, 1.82) is 0 Å². The lowest BCUT2D eigenvalue weighted by Gasteiger charge is -2.35. The lowest BCUT2D eigenvalue weighted by atomic mass is 9.72. The van der Waals surface area contributed by atoms with Crippen molar-refractivity contribution in [3.63, 3.8) is 0 Å². The quantitative estimate of drug-likeness (QED) is 0.318. The molecule has 158 valence electrons. The van der Waals surface area contributed by atoms with Crippen LogP contribution in [0.15, 0.2) is 72.8 Å². The molecule has 0 saturated carbocycles. The second kappa shape index (κ2) is 9.13. The molecule has 1 aliphatic rings. The van der Waals surface area contributed by atoms with Gasteiger partial charge in [0.15, 0.2) is 0 Å². The number of ether oxygens (including phenoxy) is 2. The Hall–Kier alpha value is -2.82. The van der Waals surface area contributed by atoms with Gasteiger partial charge in [0.2, 0.25) is 11.4 Å². The van der Waals surface area contributed by atoms with Gasteiger partial charge >= 0.3 is 0 Å². The van der Waals surface area contributed by atoms with E-state index in [4.69, 9.17) is 32.7 Å². The third-order valence-corrected chi connectivity index (χ3v) is 5.86. The van der Waals surface area contributed by atoms with Gasteiger partial charge in [0.05, 0.1) is 11.4 Å². The first-order valence-electron chi connectivity index (χ1n) is 9.91. The molecule has 0 bridgehead atoms. The lowest BCUT2D eigenvalue weighted by molar-refractivity contribution is -0.109. The molecule has 3 aromatic carbocycles. The normalized spacial score (nSPS) is 18.2. The molecule has 6 heteroatoms. The first kappa shape index (κ1) is 21.4. The van der Waals surface area contributed by atoms with E-state index in [1.54, 1.807) is 42.5 Å². The van der Waals surface area contributed by atoms with E-state index in [0.29, 0.717) is 40.1 Å². The molecular formula is C25H20Cl2O4. The van der Waals surface area contributed by atoms with Gasteiger partial charge in [0.25, 0.3) is 0 Å². The zero-order valence-corrected chi connectivity index (χ0v) is 18.1. The van der Waals surface area contributed by atoms with Gasteiger partial charge in [0, 0.05) is 29.0 Å². The first-order valence-corrected chi connectivity index (χ1v) is 10.8. The second-order valence-corrected chi connectivity index (χ2v) is 8.05. The van der Waals surface area contributed by atoms with Gasteiger partial charge < -0.3 is 14.3 Å². The highest BCUT2D eigenvalue weighted by molar-refractivity contribution is 6.30. The summed E-state index contributed by atoms with van der Waals surface area (Å²) in [5.41, 5.74) is 0.515. The number of fused-ring (bicyclic) bond motifs is 1. The van der Waals surface area contributed by atoms with Crippen molar-refractivity contribution in [3.8, 4) is 11.5 Å². The Balaban J connectivity index is 1.88.